The average molecular weight is 418 g/mol. The first-order valence-corrected chi connectivity index (χ1v) is 11.1. The van der Waals surface area contributed by atoms with E-state index in [9.17, 15) is 14.9 Å². The summed E-state index contributed by atoms with van der Waals surface area (Å²) < 4.78 is 1.85. The summed E-state index contributed by atoms with van der Waals surface area (Å²) in [5, 5.41) is 9.33. The molecular weight excluding hydrogens is 390 g/mol. The van der Waals surface area contributed by atoms with Gasteiger partial charge in [0.1, 0.15) is 5.56 Å². The summed E-state index contributed by atoms with van der Waals surface area (Å²) in [6, 6.07) is 10.1. The third-order valence-electron chi connectivity index (χ3n) is 7.29. The molecule has 2 aromatic rings. The van der Waals surface area contributed by atoms with Crippen LogP contribution in [-0.4, -0.2) is 46.5 Å². The van der Waals surface area contributed by atoms with Crippen LogP contribution in [0.4, 0.5) is 5.69 Å². The van der Waals surface area contributed by atoms with Crippen molar-refractivity contribution in [3.63, 3.8) is 0 Å². The Kier molecular flexibility index (Phi) is 4.81. The molecule has 0 aromatic carbocycles. The molecule has 31 heavy (non-hydrogen) atoms. The van der Waals surface area contributed by atoms with E-state index in [2.05, 4.69) is 16.0 Å². The second-order valence-electron chi connectivity index (χ2n) is 9.46. The zero-order chi connectivity index (χ0) is 21.6. The summed E-state index contributed by atoms with van der Waals surface area (Å²) in [4.78, 5) is 34.6. The zero-order valence-electron chi connectivity index (χ0n) is 17.8. The van der Waals surface area contributed by atoms with Gasteiger partial charge < -0.3 is 14.4 Å². The molecule has 5 heterocycles. The molecule has 0 spiro atoms. The number of pyridine rings is 2. The van der Waals surface area contributed by atoms with Crippen LogP contribution < -0.4 is 10.5 Å². The third kappa shape index (κ3) is 3.50. The Hall–Kier alpha value is -3.14. The Morgan fingerprint density at radius 2 is 1.87 bits per heavy atom. The van der Waals surface area contributed by atoms with Crippen LogP contribution in [-0.2, 0) is 6.54 Å². The highest BCUT2D eigenvalue weighted by atomic mass is 16.2. The summed E-state index contributed by atoms with van der Waals surface area (Å²) in [6.45, 7) is 5.42. The topological polar surface area (TPSA) is 82.2 Å². The van der Waals surface area contributed by atoms with E-state index in [1.807, 2.05) is 42.1 Å². The van der Waals surface area contributed by atoms with Crippen molar-refractivity contribution in [2.75, 3.05) is 31.1 Å². The van der Waals surface area contributed by atoms with Crippen molar-refractivity contribution in [3.8, 4) is 6.07 Å². The fraction of sp³-hybridized carbons (Fsp3) is 0.500. The number of rotatable bonds is 2. The molecule has 2 aromatic heterocycles. The Bertz CT molecular complexity index is 1100. The predicted octanol–water partition coefficient (Wildman–Crippen LogP) is 2.63. The van der Waals surface area contributed by atoms with Crippen molar-refractivity contribution in [1.82, 2.24) is 14.5 Å². The van der Waals surface area contributed by atoms with Gasteiger partial charge in [0.05, 0.1) is 11.5 Å². The molecule has 2 fully saturated rings. The minimum atomic E-state index is -0.375. The number of carbonyl (C=O) groups excluding carboxylic acids is 1. The number of fused-ring (bicyclic) bond motifs is 4. The molecule has 2 bridgehead atoms. The van der Waals surface area contributed by atoms with Crippen LogP contribution in [0.5, 0.6) is 0 Å². The van der Waals surface area contributed by atoms with E-state index in [0.29, 0.717) is 38.4 Å². The maximum Gasteiger partial charge on any atom is 0.263 e. The van der Waals surface area contributed by atoms with Gasteiger partial charge in [0.25, 0.3) is 11.5 Å². The molecule has 0 aliphatic carbocycles. The highest BCUT2D eigenvalue weighted by Crippen LogP contribution is 2.37. The van der Waals surface area contributed by atoms with Gasteiger partial charge in [0.15, 0.2) is 0 Å². The number of aromatic nitrogens is 2. The quantitative estimate of drug-likeness (QED) is 0.750. The molecule has 1 amide bonds. The molecule has 0 N–H and O–H groups in total. The average Bonchev–Trinajstić information content (AvgIpc) is 2.80. The van der Waals surface area contributed by atoms with Crippen LogP contribution in [0, 0.1) is 22.7 Å². The molecule has 160 valence electrons. The van der Waals surface area contributed by atoms with Gasteiger partial charge in [-0.2, -0.15) is 5.26 Å². The number of hydrogen-bond donors (Lipinski definition) is 0. The summed E-state index contributed by atoms with van der Waals surface area (Å²) in [5.74, 6) is 0.465. The van der Waals surface area contributed by atoms with E-state index in [-0.39, 0.29) is 28.4 Å². The molecule has 0 radical (unpaired) electrons. The van der Waals surface area contributed by atoms with E-state index < -0.39 is 0 Å². The number of carbonyl (C=O) groups is 1. The summed E-state index contributed by atoms with van der Waals surface area (Å²) in [6.07, 6.45) is 6.01. The molecule has 0 saturated carbocycles. The standard InChI is InChI=1S/C24H27N5O2/c1-24(16-25)6-10-27(11-7-24)22(30)20-2-3-21-18-12-17(14-29(21)23(20)31)13-28(15-18)19-4-8-26-9-5-19/h2-5,8-9,17-18H,6-7,10-15H2,1H3/t17-,18+/m0/s1. The van der Waals surface area contributed by atoms with Crippen LogP contribution in [0.15, 0.2) is 41.5 Å². The molecule has 3 aliphatic heterocycles. The van der Waals surface area contributed by atoms with Gasteiger partial charge in [-0.3, -0.25) is 14.6 Å². The second-order valence-corrected chi connectivity index (χ2v) is 9.46. The van der Waals surface area contributed by atoms with Crippen molar-refractivity contribution in [2.24, 2.45) is 11.3 Å². The smallest absolute Gasteiger partial charge is 0.263 e. The van der Waals surface area contributed by atoms with Gasteiger partial charge in [-0.15, -0.1) is 0 Å². The van der Waals surface area contributed by atoms with Crippen LogP contribution in [0.3, 0.4) is 0 Å². The molecule has 7 heteroatoms. The van der Waals surface area contributed by atoms with Crippen molar-refractivity contribution in [3.05, 3.63) is 58.3 Å². The van der Waals surface area contributed by atoms with Crippen LogP contribution in [0.2, 0.25) is 0 Å². The third-order valence-corrected chi connectivity index (χ3v) is 7.29. The highest BCUT2D eigenvalue weighted by Gasteiger charge is 2.37. The summed E-state index contributed by atoms with van der Waals surface area (Å²) in [5.41, 5.74) is 1.92. The lowest BCUT2D eigenvalue weighted by Gasteiger charge is -2.44. The number of piperidine rings is 2. The minimum Gasteiger partial charge on any atom is -0.370 e. The molecule has 2 atom stereocenters. The van der Waals surface area contributed by atoms with Gasteiger partial charge in [-0.05, 0) is 56.4 Å². The Morgan fingerprint density at radius 1 is 1.13 bits per heavy atom. The van der Waals surface area contributed by atoms with Crippen molar-refractivity contribution < 1.29 is 4.79 Å². The van der Waals surface area contributed by atoms with E-state index in [1.54, 1.807) is 11.0 Å². The first kappa shape index (κ1) is 19.8. The van der Waals surface area contributed by atoms with Crippen LogP contribution >= 0.6 is 0 Å². The van der Waals surface area contributed by atoms with Crippen molar-refractivity contribution in [1.29, 1.82) is 5.26 Å². The Balaban J connectivity index is 1.38. The van der Waals surface area contributed by atoms with Gasteiger partial charge in [-0.1, -0.05) is 0 Å². The van der Waals surface area contributed by atoms with Gasteiger partial charge in [0.2, 0.25) is 0 Å². The molecule has 7 nitrogen and oxygen atoms in total. The Labute approximate surface area is 181 Å². The van der Waals surface area contributed by atoms with Crippen molar-refractivity contribution in [2.45, 2.75) is 38.6 Å². The van der Waals surface area contributed by atoms with E-state index in [0.717, 1.165) is 25.2 Å². The first-order chi connectivity index (χ1) is 15.0. The van der Waals surface area contributed by atoms with E-state index in [4.69, 9.17) is 0 Å². The Morgan fingerprint density at radius 3 is 2.58 bits per heavy atom. The fourth-order valence-electron chi connectivity index (χ4n) is 5.36. The first-order valence-electron chi connectivity index (χ1n) is 11.1. The number of likely N-dealkylation sites (tertiary alicyclic amines) is 1. The minimum absolute atomic E-state index is 0.164. The van der Waals surface area contributed by atoms with E-state index >= 15 is 0 Å². The number of hydrogen-bond acceptors (Lipinski definition) is 5. The second kappa shape index (κ2) is 7.52. The van der Waals surface area contributed by atoms with Gasteiger partial charge in [-0.25, -0.2) is 0 Å². The number of anilines is 1. The lowest BCUT2D eigenvalue weighted by molar-refractivity contribution is 0.0658. The molecular formula is C24H27N5O2. The lowest BCUT2D eigenvalue weighted by Crippen LogP contribution is -2.49. The van der Waals surface area contributed by atoms with Gasteiger partial charge >= 0.3 is 0 Å². The summed E-state index contributed by atoms with van der Waals surface area (Å²) in [7, 11) is 0. The molecule has 5 rings (SSSR count). The lowest BCUT2D eigenvalue weighted by atomic mass is 9.81. The van der Waals surface area contributed by atoms with Crippen molar-refractivity contribution >= 4 is 11.6 Å². The fourth-order valence-corrected chi connectivity index (χ4v) is 5.36. The van der Waals surface area contributed by atoms with Gasteiger partial charge in [0, 0.05) is 62.4 Å². The maximum atomic E-state index is 13.3. The predicted molar refractivity (Wildman–Crippen MR) is 117 cm³/mol. The largest absolute Gasteiger partial charge is 0.370 e. The molecule has 3 aliphatic rings. The monoisotopic (exact) mass is 417 g/mol. The zero-order valence-corrected chi connectivity index (χ0v) is 17.8. The van der Waals surface area contributed by atoms with E-state index in [1.165, 1.54) is 5.69 Å². The number of nitrogens with zero attached hydrogens (tertiary/aromatic N) is 5. The maximum absolute atomic E-state index is 13.3. The summed E-state index contributed by atoms with van der Waals surface area (Å²) >= 11 is 0. The normalized spacial score (nSPS) is 24.3. The molecule has 2 saturated heterocycles. The number of amides is 1. The number of nitriles is 1. The van der Waals surface area contributed by atoms with Crippen LogP contribution in [0.25, 0.3) is 0 Å². The SMILES string of the molecule is CC1(C#N)CCN(C(=O)c2ccc3n(c2=O)C[C@H]2C[C@@H]3CN(c3ccncc3)C2)CC1. The molecule has 0 unspecified atom stereocenters. The van der Waals surface area contributed by atoms with Crippen LogP contribution in [0.1, 0.15) is 48.2 Å². The highest BCUT2D eigenvalue weighted by molar-refractivity contribution is 5.94.